The number of aliphatic hydroxyl groups excluding tert-OH is 1. The molecule has 9 aromatic rings. The van der Waals surface area contributed by atoms with Gasteiger partial charge in [0.05, 0.1) is 44.0 Å². The molecule has 3 amide bonds. The Balaban J connectivity index is 0.000000164. The second kappa shape index (κ2) is 35.1. The van der Waals surface area contributed by atoms with Crippen molar-refractivity contribution in [2.24, 2.45) is 7.05 Å². The van der Waals surface area contributed by atoms with Gasteiger partial charge in [0, 0.05) is 46.6 Å². The molecule has 0 aliphatic heterocycles. The molecule has 23 heteroatoms. The number of nitrogens with one attached hydrogen (secondary N) is 5. The number of carbonyl (C=O) groups is 5. The highest BCUT2D eigenvalue weighted by atomic mass is 35.5. The standard InChI is InChI=1S/C27H27F2N3O3.C26H25ClFN3O3.C25H26ClN3O3/c1-32-25-19(14-18-6-5-8-21(29)15-18)7-3-4-9-22(25)24(31-32)26(33)30-23(27(34)35-2)16-17-10-12-20(28)13-11-17;1-34-26(33)22(15-17-8-12-20(28)13-9-17)29-25(32)24-21-5-3-2-4-18(23(21)30-31-24)14-16-6-10-19(27)11-7-16;26-19-6-3-4-17(13-19)12-18-5-1-2-7-22-23(18)28-29-24(22)25(32)27-20(15-30)14-16-8-10-21(31)11-9-16/h5-6,8,10-15,23H,3-4,7,9,16H2,1-2H3,(H,30,33);6-14,22H,2-5,15H2,1H3,(H,29,32)(H,30,31);3-4,6,8-13,20,30-31H,1-2,5,7,14-15H2,(H,27,32)(H,28,29)/b19-14+;18-14+;18-12+/t23-;22-;20-/m110/s1. The van der Waals surface area contributed by atoms with E-state index in [1.54, 1.807) is 66.3 Å². The van der Waals surface area contributed by atoms with Gasteiger partial charge in [0.2, 0.25) is 0 Å². The number of carbonyl (C=O) groups excluding carboxylic acids is 5. The molecule has 6 aromatic carbocycles. The lowest BCUT2D eigenvalue weighted by Crippen LogP contribution is -2.43. The fourth-order valence-electron chi connectivity index (χ4n) is 12.7. The summed E-state index contributed by atoms with van der Waals surface area (Å²) in [5.74, 6) is -3.25. The number of aromatic amines is 2. The highest BCUT2D eigenvalue weighted by Crippen LogP contribution is 2.36. The van der Waals surface area contributed by atoms with E-state index >= 15 is 0 Å². The van der Waals surface area contributed by atoms with Crippen molar-refractivity contribution >= 4 is 87.8 Å². The van der Waals surface area contributed by atoms with Crippen LogP contribution in [0, 0.1) is 17.5 Å². The van der Waals surface area contributed by atoms with Gasteiger partial charge in [-0.15, -0.1) is 0 Å². The smallest absolute Gasteiger partial charge is 0.328 e. The van der Waals surface area contributed by atoms with Crippen LogP contribution in [0.25, 0.3) is 34.9 Å². The summed E-state index contributed by atoms with van der Waals surface area (Å²) in [5, 5.41) is 48.2. The van der Waals surface area contributed by atoms with E-state index in [2.05, 4.69) is 53.6 Å². The number of methoxy groups -OCH3 is 2. The summed E-state index contributed by atoms with van der Waals surface area (Å²) < 4.78 is 51.7. The zero-order chi connectivity index (χ0) is 71.5. The van der Waals surface area contributed by atoms with E-state index in [0.717, 1.165) is 137 Å². The molecule has 12 rings (SSSR count). The van der Waals surface area contributed by atoms with Gasteiger partial charge in [-0.3, -0.25) is 29.3 Å². The van der Waals surface area contributed by atoms with Gasteiger partial charge in [-0.1, -0.05) is 96.0 Å². The van der Waals surface area contributed by atoms with Gasteiger partial charge in [0.25, 0.3) is 17.7 Å². The first-order valence-corrected chi connectivity index (χ1v) is 34.1. The van der Waals surface area contributed by atoms with Gasteiger partial charge in [0.15, 0.2) is 5.69 Å². The van der Waals surface area contributed by atoms with Crippen molar-refractivity contribution in [1.82, 2.24) is 46.1 Å². The number of hydrogen-bond acceptors (Lipinski definition) is 12. The van der Waals surface area contributed by atoms with Crippen molar-refractivity contribution in [3.63, 3.8) is 0 Å². The quantitative estimate of drug-likeness (QED) is 0.0313. The van der Waals surface area contributed by atoms with Crippen LogP contribution in [0.4, 0.5) is 13.2 Å². The van der Waals surface area contributed by atoms with E-state index in [1.807, 2.05) is 60.7 Å². The second-order valence-electron chi connectivity index (χ2n) is 24.9. The largest absolute Gasteiger partial charge is 0.508 e. The highest BCUT2D eigenvalue weighted by molar-refractivity contribution is 6.31. The number of aryl methyl sites for hydroxylation is 1. The second-order valence-corrected chi connectivity index (χ2v) is 25.8. The monoisotopic (exact) mass is 1410 g/mol. The van der Waals surface area contributed by atoms with Gasteiger partial charge in [0.1, 0.15) is 46.7 Å². The molecule has 0 saturated heterocycles. The molecular weight excluding hydrogens is 1330 g/mol. The third kappa shape index (κ3) is 19.8. The molecule has 0 bridgehead atoms. The average molecular weight is 1410 g/mol. The van der Waals surface area contributed by atoms with Crippen LogP contribution in [0.3, 0.4) is 0 Å². The normalized spacial score (nSPS) is 15.4. The van der Waals surface area contributed by atoms with E-state index in [1.165, 1.54) is 50.6 Å². The predicted molar refractivity (Wildman–Crippen MR) is 383 cm³/mol. The summed E-state index contributed by atoms with van der Waals surface area (Å²) >= 11 is 12.1. The van der Waals surface area contributed by atoms with E-state index in [0.29, 0.717) is 51.8 Å². The van der Waals surface area contributed by atoms with Crippen LogP contribution in [-0.4, -0.2) is 109 Å². The number of aromatic hydroxyl groups is 1. The first-order valence-electron chi connectivity index (χ1n) is 33.4. The number of fused-ring (bicyclic) bond motifs is 3. The number of nitrogens with zero attached hydrogens (tertiary/aromatic N) is 4. The summed E-state index contributed by atoms with van der Waals surface area (Å²) in [7, 11) is 4.29. The van der Waals surface area contributed by atoms with Gasteiger partial charge in [-0.2, -0.15) is 15.3 Å². The molecule has 0 radical (unpaired) electrons. The third-order valence-corrected chi connectivity index (χ3v) is 18.2. The molecule has 18 nitrogen and oxygen atoms in total. The van der Waals surface area contributed by atoms with Gasteiger partial charge in [-0.25, -0.2) is 22.8 Å². The summed E-state index contributed by atoms with van der Waals surface area (Å²) in [6, 6.07) is 37.5. The number of phenolic OH excluding ortho intramolecular Hbond substituents is 1. The Bertz CT molecular complexity index is 4490. The van der Waals surface area contributed by atoms with E-state index in [-0.39, 0.29) is 54.3 Å². The molecule has 3 aliphatic rings. The third-order valence-electron chi connectivity index (χ3n) is 17.7. The minimum Gasteiger partial charge on any atom is -0.508 e. The lowest BCUT2D eigenvalue weighted by molar-refractivity contribution is -0.143. The van der Waals surface area contributed by atoms with Crippen molar-refractivity contribution in [3.05, 3.63) is 257 Å². The van der Waals surface area contributed by atoms with Crippen LogP contribution in [-0.2, 0) is 64.6 Å². The first-order chi connectivity index (χ1) is 48.8. The van der Waals surface area contributed by atoms with Crippen LogP contribution in [0.2, 0.25) is 10.0 Å². The van der Waals surface area contributed by atoms with Crippen molar-refractivity contribution in [3.8, 4) is 5.75 Å². The number of rotatable bonds is 18. The van der Waals surface area contributed by atoms with Gasteiger partial charge >= 0.3 is 11.9 Å². The van der Waals surface area contributed by atoms with Gasteiger partial charge < -0.3 is 35.6 Å². The SMILES string of the molecule is COC(=O)[C@@H](Cc1ccc(F)cc1)NC(=O)c1[nH]nc2c1CCCC/C2=C\c1ccc(Cl)cc1.COC(=O)[C@@H](Cc1ccc(F)cc1)NC(=O)c1nn(C)c2c1CCCC/C2=C\c1cccc(F)c1.O=C(N[C@H](CO)Cc1ccc(O)cc1)c1[nH]nc2c1CCCC/C2=C\c1cccc(Cl)c1. The number of hydrogen-bond donors (Lipinski definition) is 7. The number of phenols is 1. The van der Waals surface area contributed by atoms with E-state index in [9.17, 15) is 47.4 Å². The molecule has 7 N–H and O–H groups in total. The lowest BCUT2D eigenvalue weighted by Gasteiger charge is -2.16. The number of H-pyrrole nitrogens is 2. The van der Waals surface area contributed by atoms with Crippen LogP contribution in [0.15, 0.2) is 146 Å². The number of allylic oxidation sites excluding steroid dienone is 3. The number of benzene rings is 6. The maximum atomic E-state index is 13.7. The summed E-state index contributed by atoms with van der Waals surface area (Å²) in [6.45, 7) is -0.192. The van der Waals surface area contributed by atoms with Crippen molar-refractivity contribution in [2.75, 3.05) is 20.8 Å². The first kappa shape index (κ1) is 73.4. The Kier molecular flexibility index (Phi) is 25.5. The topological polar surface area (TPSA) is 256 Å². The minimum absolute atomic E-state index is 0.151. The molecule has 3 heterocycles. The van der Waals surface area contributed by atoms with Crippen LogP contribution in [0.5, 0.6) is 5.75 Å². The maximum absolute atomic E-state index is 13.7. The predicted octanol–water partition coefficient (Wildman–Crippen LogP) is 13.8. The number of aliphatic hydroxyl groups is 1. The molecule has 0 fully saturated rings. The van der Waals surface area contributed by atoms with Gasteiger partial charge in [-0.05, 0) is 225 Å². The van der Waals surface area contributed by atoms with Crippen LogP contribution >= 0.6 is 23.2 Å². The summed E-state index contributed by atoms with van der Waals surface area (Å²) in [4.78, 5) is 64.3. The number of amides is 3. The van der Waals surface area contributed by atoms with Crippen molar-refractivity contribution in [1.29, 1.82) is 0 Å². The lowest BCUT2D eigenvalue weighted by atomic mass is 10.0. The Hall–Kier alpha value is -10.4. The zero-order valence-corrected chi connectivity index (χ0v) is 57.6. The average Bonchev–Trinajstić information content (AvgIpc) is 1.66. The molecule has 3 aromatic heterocycles. The van der Waals surface area contributed by atoms with E-state index in [4.69, 9.17) is 32.7 Å². The maximum Gasteiger partial charge on any atom is 0.328 e. The fraction of sp³-hybridized carbons (Fsp3) is 0.282. The van der Waals surface area contributed by atoms with Crippen LogP contribution < -0.4 is 16.0 Å². The zero-order valence-electron chi connectivity index (χ0n) is 56.1. The molecule has 3 atom stereocenters. The molecule has 3 aliphatic carbocycles. The Morgan fingerprint density at radius 2 is 0.980 bits per heavy atom. The molecule has 0 saturated carbocycles. The van der Waals surface area contributed by atoms with Crippen molar-refractivity contribution in [2.45, 2.75) is 114 Å². The molecule has 0 unspecified atom stereocenters. The Morgan fingerprint density at radius 3 is 1.50 bits per heavy atom. The molecular formula is C78H78Cl2F3N9O9. The number of esters is 2. The molecule has 101 heavy (non-hydrogen) atoms. The van der Waals surface area contributed by atoms with Crippen molar-refractivity contribution < 1.29 is 56.8 Å². The fourth-order valence-corrected chi connectivity index (χ4v) is 13.0. The Labute approximate surface area is 593 Å². The number of ether oxygens (including phenoxy) is 2. The molecule has 524 valence electrons. The van der Waals surface area contributed by atoms with E-state index < -0.39 is 41.9 Å². The highest BCUT2D eigenvalue weighted by Gasteiger charge is 2.32. The van der Waals surface area contributed by atoms with Crippen LogP contribution in [0.1, 0.15) is 156 Å². The Morgan fingerprint density at radius 1 is 0.525 bits per heavy atom. The summed E-state index contributed by atoms with van der Waals surface area (Å²) in [5.41, 5.74) is 14.2. The number of aromatic nitrogens is 6. The minimum atomic E-state index is -0.955. The molecule has 0 spiro atoms. The summed E-state index contributed by atoms with van der Waals surface area (Å²) in [6.07, 6.45) is 17.2. The number of halogens is 5.